The van der Waals surface area contributed by atoms with E-state index in [-0.39, 0.29) is 17.2 Å². The molecule has 3 aromatic rings. The standard InChI is InChI=1S/C21H22N4O3S2/c1-12-17-20(24-16-9-3-2-6-10-25(16)21(17)28)30-18(12)19(27)23-13-7-4-5-8-14(13)29-11-15(22)26/h4-5,7-8H,2-3,6,9-11H2,1H3,(H2,22,26)(H,23,27). The Labute approximate surface area is 181 Å². The number of aromatic nitrogens is 2. The van der Waals surface area contributed by atoms with Crippen molar-refractivity contribution in [2.45, 2.75) is 44.0 Å². The van der Waals surface area contributed by atoms with Crippen LogP contribution >= 0.6 is 23.1 Å². The summed E-state index contributed by atoms with van der Waals surface area (Å²) in [5, 5.41) is 3.45. The molecule has 1 aliphatic heterocycles. The molecule has 0 unspecified atom stereocenters. The number of fused-ring (bicyclic) bond motifs is 2. The predicted molar refractivity (Wildman–Crippen MR) is 120 cm³/mol. The van der Waals surface area contributed by atoms with Crippen molar-refractivity contribution in [2.24, 2.45) is 5.73 Å². The molecule has 7 nitrogen and oxygen atoms in total. The van der Waals surface area contributed by atoms with Gasteiger partial charge in [0, 0.05) is 17.9 Å². The van der Waals surface area contributed by atoms with Crippen LogP contribution in [0.3, 0.4) is 0 Å². The second-order valence-electron chi connectivity index (χ2n) is 7.24. The fourth-order valence-corrected chi connectivity index (χ4v) is 5.48. The largest absolute Gasteiger partial charge is 0.369 e. The third-order valence-electron chi connectivity index (χ3n) is 5.12. The number of nitrogens with one attached hydrogen (secondary N) is 1. The molecular weight excluding hydrogens is 420 g/mol. The summed E-state index contributed by atoms with van der Waals surface area (Å²) < 4.78 is 1.77. The van der Waals surface area contributed by atoms with Crippen molar-refractivity contribution in [1.82, 2.24) is 9.55 Å². The lowest BCUT2D eigenvalue weighted by Gasteiger charge is -2.10. The number of nitrogens with two attached hydrogens (primary N) is 1. The number of nitrogens with zero attached hydrogens (tertiary/aromatic N) is 2. The maximum Gasteiger partial charge on any atom is 0.266 e. The first-order chi connectivity index (χ1) is 14.5. The van der Waals surface area contributed by atoms with E-state index in [1.54, 1.807) is 17.6 Å². The first-order valence-corrected chi connectivity index (χ1v) is 11.6. The lowest BCUT2D eigenvalue weighted by molar-refractivity contribution is -0.115. The van der Waals surface area contributed by atoms with E-state index in [0.717, 1.165) is 36.4 Å². The van der Waals surface area contributed by atoms with E-state index in [4.69, 9.17) is 10.7 Å². The second-order valence-corrected chi connectivity index (χ2v) is 9.25. The minimum atomic E-state index is -0.423. The highest BCUT2D eigenvalue weighted by Crippen LogP contribution is 2.31. The third kappa shape index (κ3) is 3.99. The van der Waals surface area contributed by atoms with E-state index in [1.807, 2.05) is 18.2 Å². The van der Waals surface area contributed by atoms with Gasteiger partial charge in [0.2, 0.25) is 5.91 Å². The average molecular weight is 443 g/mol. The first kappa shape index (κ1) is 20.6. The number of carbonyl (C=O) groups excluding carboxylic acids is 2. The Bertz CT molecular complexity index is 1200. The fraction of sp³-hybridized carbons (Fsp3) is 0.333. The maximum absolute atomic E-state index is 13.1. The van der Waals surface area contributed by atoms with Crippen LogP contribution in [0.15, 0.2) is 34.0 Å². The minimum absolute atomic E-state index is 0.0536. The quantitative estimate of drug-likeness (QED) is 0.590. The highest BCUT2D eigenvalue weighted by molar-refractivity contribution is 8.00. The van der Waals surface area contributed by atoms with Gasteiger partial charge >= 0.3 is 0 Å². The van der Waals surface area contributed by atoms with Gasteiger partial charge in [0.15, 0.2) is 0 Å². The molecule has 0 aliphatic carbocycles. The summed E-state index contributed by atoms with van der Waals surface area (Å²) in [6.07, 6.45) is 3.87. The third-order valence-corrected chi connectivity index (χ3v) is 7.40. The molecule has 0 fully saturated rings. The van der Waals surface area contributed by atoms with Crippen LogP contribution in [-0.2, 0) is 17.8 Å². The summed E-state index contributed by atoms with van der Waals surface area (Å²) in [6.45, 7) is 2.48. The van der Waals surface area contributed by atoms with Gasteiger partial charge < -0.3 is 11.1 Å². The summed E-state index contributed by atoms with van der Waals surface area (Å²) in [6, 6.07) is 7.25. The lowest BCUT2D eigenvalue weighted by atomic mass is 10.2. The number of hydrogen-bond donors (Lipinski definition) is 2. The van der Waals surface area contributed by atoms with E-state index in [0.29, 0.717) is 32.9 Å². The molecule has 2 aromatic heterocycles. The number of aryl methyl sites for hydroxylation is 2. The van der Waals surface area contributed by atoms with Gasteiger partial charge in [0.25, 0.3) is 11.5 Å². The van der Waals surface area contributed by atoms with Crippen molar-refractivity contribution >= 4 is 50.8 Å². The van der Waals surface area contributed by atoms with Crippen molar-refractivity contribution in [3.8, 4) is 0 Å². The van der Waals surface area contributed by atoms with Gasteiger partial charge in [-0.2, -0.15) is 0 Å². The Morgan fingerprint density at radius 2 is 2.07 bits per heavy atom. The lowest BCUT2D eigenvalue weighted by Crippen LogP contribution is -2.24. The number of hydrogen-bond acceptors (Lipinski definition) is 6. The maximum atomic E-state index is 13.1. The van der Waals surface area contributed by atoms with Crippen molar-refractivity contribution in [3.05, 3.63) is 50.9 Å². The van der Waals surface area contributed by atoms with Crippen LogP contribution in [0.1, 0.15) is 40.3 Å². The zero-order valence-corrected chi connectivity index (χ0v) is 18.2. The van der Waals surface area contributed by atoms with E-state index in [2.05, 4.69) is 5.32 Å². The van der Waals surface area contributed by atoms with Crippen molar-refractivity contribution in [3.63, 3.8) is 0 Å². The number of anilines is 1. The molecule has 0 atom stereocenters. The molecule has 0 saturated carbocycles. The minimum Gasteiger partial charge on any atom is -0.369 e. The summed E-state index contributed by atoms with van der Waals surface area (Å²) in [5.74, 6) is 0.225. The van der Waals surface area contributed by atoms with Crippen LogP contribution in [0, 0.1) is 6.92 Å². The summed E-state index contributed by atoms with van der Waals surface area (Å²) in [4.78, 5) is 43.8. The van der Waals surface area contributed by atoms with Gasteiger partial charge in [-0.25, -0.2) is 4.98 Å². The summed E-state index contributed by atoms with van der Waals surface area (Å²) in [5.41, 5.74) is 6.45. The van der Waals surface area contributed by atoms with Gasteiger partial charge in [-0.1, -0.05) is 18.6 Å². The Hall–Kier alpha value is -2.65. The van der Waals surface area contributed by atoms with E-state index in [9.17, 15) is 14.4 Å². The van der Waals surface area contributed by atoms with Crippen molar-refractivity contribution in [1.29, 1.82) is 0 Å². The average Bonchev–Trinajstić information content (AvgIpc) is 2.88. The Kier molecular flexibility index (Phi) is 5.92. The molecule has 0 bridgehead atoms. The molecule has 3 heterocycles. The molecule has 4 rings (SSSR count). The highest BCUT2D eigenvalue weighted by Gasteiger charge is 2.22. The second kappa shape index (κ2) is 8.61. The molecule has 156 valence electrons. The Balaban J connectivity index is 1.68. The van der Waals surface area contributed by atoms with Crippen LogP contribution in [0.25, 0.3) is 10.2 Å². The topological polar surface area (TPSA) is 107 Å². The van der Waals surface area contributed by atoms with Gasteiger partial charge in [-0.15, -0.1) is 23.1 Å². The number of primary amides is 1. The number of benzene rings is 1. The van der Waals surface area contributed by atoms with Crippen LogP contribution in [0.4, 0.5) is 5.69 Å². The molecule has 3 N–H and O–H groups in total. The molecule has 0 radical (unpaired) electrons. The van der Waals surface area contributed by atoms with Gasteiger partial charge in [-0.3, -0.25) is 19.0 Å². The number of carbonyl (C=O) groups is 2. The molecular formula is C21H22N4O3S2. The predicted octanol–water partition coefficient (Wildman–Crippen LogP) is 3.32. The molecule has 1 aliphatic rings. The van der Waals surface area contributed by atoms with E-state index < -0.39 is 5.91 Å². The number of thioether (sulfide) groups is 1. The zero-order chi connectivity index (χ0) is 21.3. The number of thiophene rings is 1. The molecule has 2 amide bonds. The first-order valence-electron chi connectivity index (χ1n) is 9.80. The molecule has 0 saturated heterocycles. The zero-order valence-electron chi connectivity index (χ0n) is 16.6. The summed E-state index contributed by atoms with van der Waals surface area (Å²) >= 11 is 2.52. The molecule has 1 aromatic carbocycles. The smallest absolute Gasteiger partial charge is 0.266 e. The van der Waals surface area contributed by atoms with Gasteiger partial charge in [0.1, 0.15) is 10.7 Å². The Morgan fingerprint density at radius 3 is 2.87 bits per heavy atom. The van der Waals surface area contributed by atoms with Crippen LogP contribution in [-0.4, -0.2) is 27.1 Å². The van der Waals surface area contributed by atoms with Crippen LogP contribution in [0.2, 0.25) is 0 Å². The fourth-order valence-electron chi connectivity index (χ4n) is 3.65. The molecule has 9 heteroatoms. The SMILES string of the molecule is Cc1c(C(=O)Nc2ccccc2SCC(N)=O)sc2nc3n(c(=O)c12)CCCCC3. The van der Waals surface area contributed by atoms with Crippen molar-refractivity contribution < 1.29 is 9.59 Å². The van der Waals surface area contributed by atoms with E-state index in [1.165, 1.54) is 23.1 Å². The molecule has 30 heavy (non-hydrogen) atoms. The van der Waals surface area contributed by atoms with Gasteiger partial charge in [-0.05, 0) is 37.5 Å². The monoisotopic (exact) mass is 442 g/mol. The van der Waals surface area contributed by atoms with Gasteiger partial charge in [0.05, 0.1) is 21.7 Å². The normalized spacial score (nSPS) is 13.6. The number of amides is 2. The van der Waals surface area contributed by atoms with Crippen LogP contribution in [0.5, 0.6) is 0 Å². The molecule has 0 spiro atoms. The Morgan fingerprint density at radius 1 is 1.27 bits per heavy atom. The van der Waals surface area contributed by atoms with E-state index >= 15 is 0 Å². The van der Waals surface area contributed by atoms with Crippen LogP contribution < -0.4 is 16.6 Å². The number of para-hydroxylation sites is 1. The highest BCUT2D eigenvalue weighted by atomic mass is 32.2. The van der Waals surface area contributed by atoms with Crippen molar-refractivity contribution in [2.75, 3.05) is 11.1 Å². The number of rotatable bonds is 5. The summed E-state index contributed by atoms with van der Waals surface area (Å²) in [7, 11) is 0.